The van der Waals surface area contributed by atoms with E-state index in [0.717, 1.165) is 0 Å². The highest BCUT2D eigenvalue weighted by molar-refractivity contribution is 4.70. The molecule has 50 valence electrons. The average Bonchev–Trinajstić information content (AvgIpc) is 1.87. The third kappa shape index (κ3) is 1.72. The van der Waals surface area contributed by atoms with Crippen molar-refractivity contribution >= 4 is 0 Å². The zero-order valence-corrected chi connectivity index (χ0v) is 4.76. The lowest BCUT2D eigenvalue weighted by atomic mass is 9.97. The van der Waals surface area contributed by atoms with Gasteiger partial charge in [0.1, 0.15) is 0 Å². The van der Waals surface area contributed by atoms with Gasteiger partial charge in [0.15, 0.2) is 0 Å². The Morgan fingerprint density at radius 2 is 1.25 bits per heavy atom. The fraction of sp³-hybridized carbons (Fsp3) is 1.00. The van der Waals surface area contributed by atoms with Crippen LogP contribution in [-0.2, 0) is 0 Å². The second-order valence-corrected chi connectivity index (χ2v) is 2.21. The number of hydrogen-bond donors (Lipinski definition) is 0. The van der Waals surface area contributed by atoms with Gasteiger partial charge in [-0.2, -0.15) is 0 Å². The normalized spacial score (nSPS) is 12.0. The topological polar surface area (TPSA) is 0 Å². The molecule has 0 aromatic rings. The van der Waals surface area contributed by atoms with Crippen LogP contribution in [0.3, 0.4) is 0 Å². The van der Waals surface area contributed by atoms with Crippen molar-refractivity contribution in [1.82, 2.24) is 0 Å². The Hall–Kier alpha value is -0.210. The van der Waals surface area contributed by atoms with Crippen LogP contribution < -0.4 is 0 Å². The minimum absolute atomic E-state index is 0.931. The average molecular weight is 126 g/mol. The molecule has 0 rings (SSSR count). The van der Waals surface area contributed by atoms with Crippen molar-refractivity contribution in [3.05, 3.63) is 0 Å². The molecule has 0 spiro atoms. The fourth-order valence-corrected chi connectivity index (χ4v) is 0.107. The Balaban J connectivity index is 3.58. The van der Waals surface area contributed by atoms with Crippen LogP contribution in [0.4, 0.5) is 13.2 Å². The lowest BCUT2D eigenvalue weighted by Gasteiger charge is -2.15. The van der Waals surface area contributed by atoms with E-state index in [1.807, 2.05) is 0 Å². The molecule has 0 aliphatic carbocycles. The van der Waals surface area contributed by atoms with Crippen molar-refractivity contribution in [2.24, 2.45) is 5.41 Å². The summed E-state index contributed by atoms with van der Waals surface area (Å²) in [5.41, 5.74) is -1.38. The fourth-order valence-electron chi connectivity index (χ4n) is 0.107. The van der Waals surface area contributed by atoms with Crippen LogP contribution in [-0.4, -0.2) is 20.0 Å². The first-order valence-electron chi connectivity index (χ1n) is 2.36. The maximum absolute atomic E-state index is 11.6. The lowest BCUT2D eigenvalue weighted by Crippen LogP contribution is -2.23. The van der Waals surface area contributed by atoms with Crippen molar-refractivity contribution in [2.45, 2.75) is 6.92 Å². The van der Waals surface area contributed by atoms with Crippen LogP contribution in [0, 0.1) is 5.41 Å². The summed E-state index contributed by atoms with van der Waals surface area (Å²) in [7, 11) is 0. The van der Waals surface area contributed by atoms with Gasteiger partial charge in [0, 0.05) is 0 Å². The molecule has 0 aliphatic rings. The summed E-state index contributed by atoms with van der Waals surface area (Å²) >= 11 is 0. The van der Waals surface area contributed by atoms with Crippen molar-refractivity contribution in [1.29, 1.82) is 0 Å². The molecule has 0 nitrogen and oxygen atoms in total. The molecule has 3 heteroatoms. The molecule has 0 bridgehead atoms. The van der Waals surface area contributed by atoms with E-state index in [9.17, 15) is 13.2 Å². The highest BCUT2D eigenvalue weighted by Crippen LogP contribution is 2.17. The summed E-state index contributed by atoms with van der Waals surface area (Å²) in [4.78, 5) is 0. The van der Waals surface area contributed by atoms with E-state index in [1.54, 1.807) is 0 Å². The van der Waals surface area contributed by atoms with E-state index in [4.69, 9.17) is 0 Å². The summed E-state index contributed by atoms with van der Waals surface area (Å²) in [5, 5.41) is 0. The largest absolute Gasteiger partial charge is 0.250 e. The van der Waals surface area contributed by atoms with Crippen molar-refractivity contribution in [3.63, 3.8) is 0 Å². The number of hydrogen-bond acceptors (Lipinski definition) is 0. The summed E-state index contributed by atoms with van der Waals surface area (Å²) in [5.74, 6) is 0. The van der Waals surface area contributed by atoms with Gasteiger partial charge in [-0.25, -0.2) is 0 Å². The highest BCUT2D eigenvalue weighted by atomic mass is 19.1. The minimum Gasteiger partial charge on any atom is -0.250 e. The molecular formula is C5H9F3. The smallest absolute Gasteiger partial charge is 0.0998 e. The van der Waals surface area contributed by atoms with Gasteiger partial charge in [-0.3, -0.25) is 13.2 Å². The SMILES string of the molecule is CC(CF)(CF)CF. The molecule has 8 heavy (non-hydrogen) atoms. The third-order valence-corrected chi connectivity index (χ3v) is 0.968. The first kappa shape index (κ1) is 7.79. The molecule has 0 aromatic heterocycles. The van der Waals surface area contributed by atoms with Crippen molar-refractivity contribution < 1.29 is 13.2 Å². The van der Waals surface area contributed by atoms with Crippen LogP contribution >= 0.6 is 0 Å². The molecule has 0 amide bonds. The van der Waals surface area contributed by atoms with Gasteiger partial charge in [-0.05, 0) is 0 Å². The van der Waals surface area contributed by atoms with Crippen LogP contribution in [0.1, 0.15) is 6.92 Å². The lowest BCUT2D eigenvalue weighted by molar-refractivity contribution is 0.133. The maximum Gasteiger partial charge on any atom is 0.0998 e. The molecule has 0 fully saturated rings. The highest BCUT2D eigenvalue weighted by Gasteiger charge is 2.23. The number of alkyl halides is 3. The van der Waals surface area contributed by atoms with Gasteiger partial charge in [-0.15, -0.1) is 0 Å². The van der Waals surface area contributed by atoms with E-state index >= 15 is 0 Å². The molecule has 0 unspecified atom stereocenters. The molecule has 0 saturated heterocycles. The van der Waals surface area contributed by atoms with Gasteiger partial charge in [0.25, 0.3) is 0 Å². The molecule has 0 atom stereocenters. The predicted molar refractivity (Wildman–Crippen MR) is 26.0 cm³/mol. The Bertz CT molecular complexity index is 50.4. The van der Waals surface area contributed by atoms with Gasteiger partial charge in [-0.1, -0.05) is 6.92 Å². The zero-order chi connectivity index (χ0) is 6.62. The quantitative estimate of drug-likeness (QED) is 0.541. The van der Waals surface area contributed by atoms with Crippen molar-refractivity contribution in [2.75, 3.05) is 20.0 Å². The maximum atomic E-state index is 11.6. The summed E-state index contributed by atoms with van der Waals surface area (Å²) in [6.45, 7) is -1.56. The number of rotatable bonds is 3. The zero-order valence-electron chi connectivity index (χ0n) is 4.76. The Labute approximate surface area is 46.7 Å². The summed E-state index contributed by atoms with van der Waals surface area (Å²) in [6, 6.07) is 0. The van der Waals surface area contributed by atoms with Gasteiger partial charge in [0.2, 0.25) is 0 Å². The van der Waals surface area contributed by atoms with Crippen LogP contribution in [0.25, 0.3) is 0 Å². The summed E-state index contributed by atoms with van der Waals surface area (Å²) < 4.78 is 34.7. The number of halogens is 3. The predicted octanol–water partition coefficient (Wildman–Crippen LogP) is 1.90. The molecule has 0 aliphatic heterocycles. The van der Waals surface area contributed by atoms with E-state index in [0.29, 0.717) is 0 Å². The molecule has 0 radical (unpaired) electrons. The molecule has 0 aromatic carbocycles. The van der Waals surface area contributed by atoms with Gasteiger partial charge < -0.3 is 0 Å². The van der Waals surface area contributed by atoms with Crippen molar-refractivity contribution in [3.8, 4) is 0 Å². The van der Waals surface area contributed by atoms with Gasteiger partial charge in [0.05, 0.1) is 25.4 Å². The van der Waals surface area contributed by atoms with E-state index < -0.39 is 25.4 Å². The molecule has 0 saturated carbocycles. The first-order chi connectivity index (χ1) is 3.68. The third-order valence-electron chi connectivity index (χ3n) is 0.968. The monoisotopic (exact) mass is 126 g/mol. The van der Waals surface area contributed by atoms with E-state index in [2.05, 4.69) is 0 Å². The van der Waals surface area contributed by atoms with E-state index in [-0.39, 0.29) is 0 Å². The molecular weight excluding hydrogens is 117 g/mol. The van der Waals surface area contributed by atoms with Crippen LogP contribution in [0.2, 0.25) is 0 Å². The van der Waals surface area contributed by atoms with Crippen LogP contribution in [0.15, 0.2) is 0 Å². The standard InChI is InChI=1S/C5H9F3/c1-5(2-6,3-7)4-8/h2-4H2,1H3. The second kappa shape index (κ2) is 2.95. The minimum atomic E-state index is -1.38. The van der Waals surface area contributed by atoms with Gasteiger partial charge >= 0.3 is 0 Å². The van der Waals surface area contributed by atoms with Crippen LogP contribution in [0.5, 0.6) is 0 Å². The van der Waals surface area contributed by atoms with E-state index in [1.165, 1.54) is 6.92 Å². The molecule has 0 heterocycles. The molecule has 0 N–H and O–H groups in total. The Morgan fingerprint density at radius 3 is 1.25 bits per heavy atom. The Kier molecular flexibility index (Phi) is 2.87. The second-order valence-electron chi connectivity index (χ2n) is 2.21. The Morgan fingerprint density at radius 1 is 1.00 bits per heavy atom. The first-order valence-corrected chi connectivity index (χ1v) is 2.36. The summed E-state index contributed by atoms with van der Waals surface area (Å²) in [6.07, 6.45) is 0.